The number of nitrogens with zero attached hydrogens (tertiary/aromatic N) is 3. The summed E-state index contributed by atoms with van der Waals surface area (Å²) in [5.41, 5.74) is 2.75. The summed E-state index contributed by atoms with van der Waals surface area (Å²) in [6.45, 7) is 4.86. The summed E-state index contributed by atoms with van der Waals surface area (Å²) >= 11 is 0. The van der Waals surface area contributed by atoms with Crippen LogP contribution in [0.1, 0.15) is 18.5 Å². The van der Waals surface area contributed by atoms with Crippen LogP contribution in [0.25, 0.3) is 10.9 Å². The normalized spacial score (nSPS) is 24.0. The lowest BCUT2D eigenvalue weighted by Crippen LogP contribution is -2.47. The number of benzene rings is 1. The maximum Gasteiger partial charge on any atom is 0.270 e. The van der Waals surface area contributed by atoms with E-state index in [0.29, 0.717) is 6.61 Å². The van der Waals surface area contributed by atoms with Gasteiger partial charge in [-0.05, 0) is 31.9 Å². The van der Waals surface area contributed by atoms with E-state index in [1.165, 1.54) is 6.07 Å². The molecule has 2 atom stereocenters. The number of aromatic nitrogens is 1. The molecule has 0 amide bonds. The molecule has 1 aromatic carbocycles. The number of rotatable bonds is 3. The van der Waals surface area contributed by atoms with Gasteiger partial charge in [0.15, 0.2) is 0 Å². The fourth-order valence-corrected chi connectivity index (χ4v) is 3.71. The van der Waals surface area contributed by atoms with Crippen molar-refractivity contribution < 1.29 is 14.4 Å². The number of nitro groups is 1. The van der Waals surface area contributed by atoms with E-state index in [1.807, 2.05) is 13.0 Å². The molecule has 2 aromatic rings. The van der Waals surface area contributed by atoms with Crippen molar-refractivity contribution >= 4 is 22.3 Å². The minimum absolute atomic E-state index is 0.0402. The summed E-state index contributed by atoms with van der Waals surface area (Å²) in [5, 5.41) is 12.0. The number of ether oxygens (including phenoxy) is 2. The number of non-ortho nitro benzene ring substituents is 1. The number of morpholine rings is 1. The van der Waals surface area contributed by atoms with E-state index in [4.69, 9.17) is 9.47 Å². The maximum atomic E-state index is 11.2. The van der Waals surface area contributed by atoms with E-state index in [2.05, 4.69) is 9.88 Å². The fraction of sp³-hybridized carbons (Fsp3) is 0.500. The van der Waals surface area contributed by atoms with Crippen LogP contribution < -0.4 is 4.90 Å². The van der Waals surface area contributed by atoms with Gasteiger partial charge in [-0.25, -0.2) is 0 Å². The molecular formula is C18H21N3O4. The Hall–Kier alpha value is -2.25. The second kappa shape index (κ2) is 6.57. The Balaban J connectivity index is 1.71. The number of anilines is 1. The van der Waals surface area contributed by atoms with Gasteiger partial charge in [0.2, 0.25) is 0 Å². The van der Waals surface area contributed by atoms with Crippen molar-refractivity contribution in [3.05, 3.63) is 40.1 Å². The van der Waals surface area contributed by atoms with Crippen LogP contribution in [0, 0.1) is 17.0 Å². The van der Waals surface area contributed by atoms with E-state index >= 15 is 0 Å². The van der Waals surface area contributed by atoms with E-state index < -0.39 is 0 Å². The second-order valence-corrected chi connectivity index (χ2v) is 6.65. The molecular weight excluding hydrogens is 322 g/mol. The van der Waals surface area contributed by atoms with Crippen LogP contribution >= 0.6 is 0 Å². The smallest absolute Gasteiger partial charge is 0.270 e. The lowest BCUT2D eigenvalue weighted by molar-refractivity contribution is -0.384. The first-order valence-electron chi connectivity index (χ1n) is 8.66. The summed E-state index contributed by atoms with van der Waals surface area (Å²) in [6, 6.07) is 6.85. The van der Waals surface area contributed by atoms with Crippen LogP contribution in [0.4, 0.5) is 11.4 Å². The molecule has 2 saturated heterocycles. The molecule has 1 aromatic heterocycles. The predicted molar refractivity (Wildman–Crippen MR) is 94.1 cm³/mol. The quantitative estimate of drug-likeness (QED) is 0.630. The average molecular weight is 343 g/mol. The summed E-state index contributed by atoms with van der Waals surface area (Å²) in [7, 11) is 0. The molecule has 25 heavy (non-hydrogen) atoms. The van der Waals surface area contributed by atoms with Crippen molar-refractivity contribution in [2.75, 3.05) is 31.2 Å². The lowest BCUT2D eigenvalue weighted by Gasteiger charge is -2.37. The minimum Gasteiger partial charge on any atom is -0.375 e. The Bertz CT molecular complexity index is 804. The first-order valence-corrected chi connectivity index (χ1v) is 8.66. The zero-order valence-corrected chi connectivity index (χ0v) is 14.2. The number of nitro benzene ring substituents is 1. The molecule has 0 bridgehead atoms. The minimum atomic E-state index is -0.364. The van der Waals surface area contributed by atoms with Gasteiger partial charge >= 0.3 is 0 Å². The second-order valence-electron chi connectivity index (χ2n) is 6.65. The van der Waals surface area contributed by atoms with Gasteiger partial charge in [-0.3, -0.25) is 15.1 Å². The monoisotopic (exact) mass is 343 g/mol. The summed E-state index contributed by atoms with van der Waals surface area (Å²) in [5.74, 6) is 0. The topological polar surface area (TPSA) is 77.7 Å². The number of aryl methyl sites for hydroxylation is 1. The molecule has 2 fully saturated rings. The van der Waals surface area contributed by atoms with E-state index in [1.54, 1.807) is 12.1 Å². The van der Waals surface area contributed by atoms with Gasteiger partial charge in [0.05, 0.1) is 23.2 Å². The predicted octanol–water partition coefficient (Wildman–Crippen LogP) is 2.84. The highest BCUT2D eigenvalue weighted by atomic mass is 16.6. The molecule has 7 heteroatoms. The van der Waals surface area contributed by atoms with Crippen LogP contribution in [0.15, 0.2) is 24.3 Å². The van der Waals surface area contributed by atoms with Crippen LogP contribution in [0.3, 0.4) is 0 Å². The Kier molecular flexibility index (Phi) is 4.27. The molecule has 132 valence electrons. The van der Waals surface area contributed by atoms with Crippen LogP contribution in [0.2, 0.25) is 0 Å². The molecule has 0 saturated carbocycles. The molecule has 0 N–H and O–H groups in total. The number of hydrogen-bond donors (Lipinski definition) is 0. The molecule has 0 unspecified atom stereocenters. The van der Waals surface area contributed by atoms with Crippen molar-refractivity contribution in [3.63, 3.8) is 0 Å². The van der Waals surface area contributed by atoms with Crippen molar-refractivity contribution in [3.8, 4) is 0 Å². The third-order valence-corrected chi connectivity index (χ3v) is 4.92. The highest BCUT2D eigenvalue weighted by Crippen LogP contribution is 2.32. The van der Waals surface area contributed by atoms with Crippen LogP contribution in [-0.4, -0.2) is 48.4 Å². The molecule has 0 radical (unpaired) electrons. The van der Waals surface area contributed by atoms with Gasteiger partial charge in [0.1, 0.15) is 6.10 Å². The van der Waals surface area contributed by atoms with E-state index in [-0.39, 0.29) is 22.8 Å². The van der Waals surface area contributed by atoms with Crippen molar-refractivity contribution in [2.24, 2.45) is 0 Å². The molecule has 0 spiro atoms. The Labute approximate surface area is 145 Å². The van der Waals surface area contributed by atoms with Crippen molar-refractivity contribution in [1.29, 1.82) is 0 Å². The van der Waals surface area contributed by atoms with Gasteiger partial charge in [-0.15, -0.1) is 0 Å². The summed E-state index contributed by atoms with van der Waals surface area (Å²) in [4.78, 5) is 17.6. The average Bonchev–Trinajstić information content (AvgIpc) is 3.15. The standard InChI is InChI=1S/C18H21N3O4/c1-12-9-16(14-10-13(21(22)23)4-5-15(14)19-12)20-6-8-25-18(11-20)17-3-2-7-24-17/h4-5,9-10,17-18H,2-3,6-8,11H2,1H3/t17-,18+/m0/s1. The highest BCUT2D eigenvalue weighted by Gasteiger charge is 2.32. The van der Waals surface area contributed by atoms with Gasteiger partial charge < -0.3 is 14.4 Å². The van der Waals surface area contributed by atoms with Gasteiger partial charge in [0.25, 0.3) is 5.69 Å². The molecule has 7 nitrogen and oxygen atoms in total. The molecule has 4 rings (SSSR count). The Morgan fingerprint density at radius 3 is 2.84 bits per heavy atom. The van der Waals surface area contributed by atoms with Crippen molar-refractivity contribution in [1.82, 2.24) is 4.98 Å². The molecule has 2 aliphatic heterocycles. The SMILES string of the molecule is Cc1cc(N2CCO[C@@H]([C@@H]3CCCO3)C2)c2cc([N+](=O)[O-])ccc2n1. The van der Waals surface area contributed by atoms with Gasteiger partial charge in [-0.1, -0.05) is 0 Å². The summed E-state index contributed by atoms with van der Waals surface area (Å²) in [6.07, 6.45) is 2.29. The number of fused-ring (bicyclic) bond motifs is 1. The maximum absolute atomic E-state index is 11.2. The molecule has 3 heterocycles. The third-order valence-electron chi connectivity index (χ3n) is 4.92. The van der Waals surface area contributed by atoms with E-state index in [0.717, 1.165) is 54.8 Å². The zero-order chi connectivity index (χ0) is 17.4. The molecule has 2 aliphatic rings. The number of pyridine rings is 1. The Morgan fingerprint density at radius 2 is 2.08 bits per heavy atom. The fourth-order valence-electron chi connectivity index (χ4n) is 3.71. The lowest BCUT2D eigenvalue weighted by atomic mass is 10.1. The summed E-state index contributed by atoms with van der Waals surface area (Å²) < 4.78 is 11.7. The Morgan fingerprint density at radius 1 is 1.24 bits per heavy atom. The first kappa shape index (κ1) is 16.2. The van der Waals surface area contributed by atoms with Crippen molar-refractivity contribution in [2.45, 2.75) is 32.0 Å². The van der Waals surface area contributed by atoms with Gasteiger partial charge in [-0.2, -0.15) is 0 Å². The molecule has 0 aliphatic carbocycles. The van der Waals surface area contributed by atoms with Crippen LogP contribution in [-0.2, 0) is 9.47 Å². The largest absolute Gasteiger partial charge is 0.375 e. The van der Waals surface area contributed by atoms with Crippen LogP contribution in [0.5, 0.6) is 0 Å². The highest BCUT2D eigenvalue weighted by molar-refractivity contribution is 5.93. The third kappa shape index (κ3) is 3.17. The zero-order valence-electron chi connectivity index (χ0n) is 14.2. The number of hydrogen-bond acceptors (Lipinski definition) is 6. The first-order chi connectivity index (χ1) is 12.1. The van der Waals surface area contributed by atoms with Gasteiger partial charge in [0, 0.05) is 48.6 Å². The van der Waals surface area contributed by atoms with E-state index in [9.17, 15) is 10.1 Å².